The van der Waals surface area contributed by atoms with Gasteiger partial charge >= 0.3 is 0 Å². The normalized spacial score (nSPS) is 8.71. The Balaban J connectivity index is 2.82. The molecule has 0 heterocycles. The van der Waals surface area contributed by atoms with Crippen LogP contribution in [-0.4, -0.2) is 0 Å². The predicted octanol–water partition coefficient (Wildman–Crippen LogP) is 2.38. The van der Waals surface area contributed by atoms with Crippen LogP contribution in [0.3, 0.4) is 0 Å². The third-order valence-corrected chi connectivity index (χ3v) is 0.780. The van der Waals surface area contributed by atoms with Crippen molar-refractivity contribution in [2.45, 2.75) is 19.3 Å². The standard InChI is InChI=1S/C7H12/c1-4-5-6-7(2)3/h1-6H2. The van der Waals surface area contributed by atoms with Crippen LogP contribution in [0, 0.1) is 13.8 Å². The van der Waals surface area contributed by atoms with E-state index in [0.29, 0.717) is 0 Å². The van der Waals surface area contributed by atoms with Crippen LogP contribution in [0.2, 0.25) is 0 Å². The molecule has 40 valence electrons. The smallest absolute Gasteiger partial charge is 0.0963 e. The van der Waals surface area contributed by atoms with Gasteiger partial charge in [-0.25, -0.2) is 0 Å². The van der Waals surface area contributed by atoms with E-state index in [1.165, 1.54) is 0 Å². The fourth-order valence-electron chi connectivity index (χ4n) is 0.375. The van der Waals surface area contributed by atoms with Crippen LogP contribution in [-0.2, 0) is 0 Å². The molecule has 0 aromatic rings. The lowest BCUT2D eigenvalue weighted by molar-refractivity contribution is 0.846. The molecule has 0 saturated carbocycles. The Morgan fingerprint density at radius 2 is 2.29 bits per heavy atom. The molecule has 0 atom stereocenters. The topological polar surface area (TPSA) is 0 Å². The van der Waals surface area contributed by atoms with Gasteiger partial charge < -0.3 is 6.92 Å². The van der Waals surface area contributed by atoms with Gasteiger partial charge in [-0.05, 0) is 0 Å². The second-order valence-electron chi connectivity index (χ2n) is 1.71. The Morgan fingerprint density at radius 3 is 2.43 bits per heavy atom. The van der Waals surface area contributed by atoms with E-state index < -0.39 is 0 Å². The summed E-state index contributed by atoms with van der Waals surface area (Å²) >= 11 is 0. The first-order chi connectivity index (χ1) is 3.27. The summed E-state index contributed by atoms with van der Waals surface area (Å²) in [4.78, 5) is 0. The Labute approximate surface area is 46.2 Å². The first-order valence-corrected chi connectivity index (χ1v) is 2.56. The van der Waals surface area contributed by atoms with E-state index in [9.17, 15) is 0 Å². The van der Waals surface area contributed by atoms with Crippen LogP contribution in [0.5, 0.6) is 0 Å². The summed E-state index contributed by atoms with van der Waals surface area (Å²) < 4.78 is 0. The maximum absolute atomic E-state index is 3.69. The van der Waals surface area contributed by atoms with Crippen LogP contribution in [0.4, 0.5) is 0 Å². The van der Waals surface area contributed by atoms with Crippen LogP contribution in [0.25, 0.3) is 0 Å². The van der Waals surface area contributed by atoms with Gasteiger partial charge in [-0.1, -0.05) is 6.42 Å². The number of hydrogen-bond donors (Lipinski definition) is 0. The van der Waals surface area contributed by atoms with Gasteiger partial charge in [-0.3, -0.25) is 0 Å². The summed E-state index contributed by atoms with van der Waals surface area (Å²) in [5, 5.41) is 0. The molecule has 0 N–H and O–H groups in total. The molecule has 0 aliphatic rings. The van der Waals surface area contributed by atoms with Crippen molar-refractivity contribution in [1.29, 1.82) is 0 Å². The largest absolute Gasteiger partial charge is 0.343 e. The molecule has 7 heavy (non-hydrogen) atoms. The van der Waals surface area contributed by atoms with Crippen molar-refractivity contribution >= 4 is 0 Å². The van der Waals surface area contributed by atoms with Gasteiger partial charge in [-0.15, -0.1) is 0 Å². The Kier molecular flexibility index (Phi) is 3.58. The first kappa shape index (κ1) is 6.61. The molecule has 0 rings (SSSR count). The molecular weight excluding hydrogens is 84.1 g/mol. The monoisotopic (exact) mass is 96.1 g/mol. The van der Waals surface area contributed by atoms with Crippen molar-refractivity contribution in [1.82, 2.24) is 0 Å². The van der Waals surface area contributed by atoms with E-state index in [1.54, 1.807) is 0 Å². The molecule has 0 amide bonds. The molecule has 0 nitrogen and oxygen atoms in total. The highest BCUT2D eigenvalue weighted by atomic mass is 13.9. The van der Waals surface area contributed by atoms with Crippen LogP contribution >= 0.6 is 0 Å². The summed E-state index contributed by atoms with van der Waals surface area (Å²) in [5.74, 6) is 0. The highest BCUT2D eigenvalue weighted by Crippen LogP contribution is 2.00. The van der Waals surface area contributed by atoms with E-state index in [1.807, 2.05) is 0 Å². The molecule has 0 fully saturated rings. The third kappa shape index (κ3) is 5.61. The number of allylic oxidation sites excluding steroid dienone is 1. The van der Waals surface area contributed by atoms with E-state index in [2.05, 4.69) is 20.4 Å². The van der Waals surface area contributed by atoms with Gasteiger partial charge in [0.05, 0.1) is 5.57 Å². The SMILES string of the molecule is C=C([CH2+])CCC[CH2-]. The van der Waals surface area contributed by atoms with Gasteiger partial charge in [0.1, 0.15) is 0 Å². The predicted molar refractivity (Wildman–Crippen MR) is 33.7 cm³/mol. The summed E-state index contributed by atoms with van der Waals surface area (Å²) in [5.41, 5.74) is 1.02. The summed E-state index contributed by atoms with van der Waals surface area (Å²) in [6.45, 7) is 11.0. The zero-order valence-corrected chi connectivity index (χ0v) is 4.74. The van der Waals surface area contributed by atoms with Crippen LogP contribution < -0.4 is 0 Å². The average molecular weight is 96.2 g/mol. The van der Waals surface area contributed by atoms with Crippen molar-refractivity contribution in [2.75, 3.05) is 0 Å². The highest BCUT2D eigenvalue weighted by Gasteiger charge is 1.86. The number of unbranched alkanes of at least 4 members (excludes halogenated alkanes) is 1. The third-order valence-electron chi connectivity index (χ3n) is 0.780. The maximum Gasteiger partial charge on any atom is 0.0963 e. The van der Waals surface area contributed by atoms with Gasteiger partial charge in [0.15, 0.2) is 0 Å². The minimum absolute atomic E-state index is 0.995. The molecular formula is C7H12. The van der Waals surface area contributed by atoms with E-state index in [-0.39, 0.29) is 0 Å². The zero-order chi connectivity index (χ0) is 5.70. The molecule has 0 unspecified atom stereocenters. The zero-order valence-electron chi connectivity index (χ0n) is 4.74. The fourth-order valence-corrected chi connectivity index (χ4v) is 0.375. The first-order valence-electron chi connectivity index (χ1n) is 2.56. The molecule has 0 bridgehead atoms. The maximum atomic E-state index is 3.69. The lowest BCUT2D eigenvalue weighted by Gasteiger charge is -1.91. The van der Waals surface area contributed by atoms with Crippen molar-refractivity contribution in [3.05, 3.63) is 26.0 Å². The fraction of sp³-hybridized carbons (Fsp3) is 0.429. The Morgan fingerprint density at radius 1 is 1.71 bits per heavy atom. The number of rotatable bonds is 3. The van der Waals surface area contributed by atoms with Crippen LogP contribution in [0.1, 0.15) is 19.3 Å². The van der Waals surface area contributed by atoms with Gasteiger partial charge in [0.2, 0.25) is 0 Å². The Hall–Kier alpha value is -0.390. The molecule has 0 aliphatic carbocycles. The molecule has 0 saturated heterocycles. The summed E-state index contributed by atoms with van der Waals surface area (Å²) in [7, 11) is 0. The average Bonchev–Trinajstić information content (AvgIpc) is 1.61. The van der Waals surface area contributed by atoms with E-state index >= 15 is 0 Å². The van der Waals surface area contributed by atoms with Crippen molar-refractivity contribution in [2.24, 2.45) is 0 Å². The van der Waals surface area contributed by atoms with E-state index in [4.69, 9.17) is 0 Å². The summed E-state index contributed by atoms with van der Waals surface area (Å²) in [6.07, 6.45) is 3.15. The molecule has 0 radical (unpaired) electrons. The lowest BCUT2D eigenvalue weighted by Crippen LogP contribution is -1.72. The van der Waals surface area contributed by atoms with Gasteiger partial charge in [0.25, 0.3) is 0 Å². The highest BCUT2D eigenvalue weighted by molar-refractivity contribution is 4.96. The van der Waals surface area contributed by atoms with Gasteiger partial charge in [0, 0.05) is 19.9 Å². The quantitative estimate of drug-likeness (QED) is 0.473. The van der Waals surface area contributed by atoms with E-state index in [0.717, 1.165) is 24.8 Å². The molecule has 0 aromatic carbocycles. The van der Waals surface area contributed by atoms with Crippen molar-refractivity contribution in [3.8, 4) is 0 Å². The molecule has 0 aromatic heterocycles. The second kappa shape index (κ2) is 3.79. The molecule has 0 heteroatoms. The minimum atomic E-state index is 0.995. The number of hydrogen-bond acceptors (Lipinski definition) is 0. The van der Waals surface area contributed by atoms with Crippen LogP contribution in [0.15, 0.2) is 12.2 Å². The van der Waals surface area contributed by atoms with Crippen molar-refractivity contribution < 1.29 is 0 Å². The minimum Gasteiger partial charge on any atom is -0.343 e. The summed E-state index contributed by atoms with van der Waals surface area (Å²) in [6, 6.07) is 0. The lowest BCUT2D eigenvalue weighted by atomic mass is 10.2. The Bertz CT molecular complexity index is 53.1. The van der Waals surface area contributed by atoms with Gasteiger partial charge in [-0.2, -0.15) is 6.42 Å². The van der Waals surface area contributed by atoms with Crippen molar-refractivity contribution in [3.63, 3.8) is 0 Å². The molecule has 0 aliphatic heterocycles. The molecule has 0 spiro atoms. The second-order valence-corrected chi connectivity index (χ2v) is 1.71.